The number of carbonyl (C=O) groups is 1. The molecule has 1 N–H and O–H groups in total. The Kier molecular flexibility index (Phi) is 5.35. The highest BCUT2D eigenvalue weighted by Gasteiger charge is 2.32. The van der Waals surface area contributed by atoms with Gasteiger partial charge in [-0.1, -0.05) is 0 Å². The topological polar surface area (TPSA) is 60.0 Å². The number of nitrogens with zero attached hydrogens (tertiary/aromatic N) is 1. The average molecular weight is 314 g/mol. The first kappa shape index (κ1) is 17.5. The minimum absolute atomic E-state index is 0.177. The number of rotatable bonds is 2. The van der Waals surface area contributed by atoms with Crippen molar-refractivity contribution in [3.8, 4) is 0 Å². The fourth-order valence-corrected chi connectivity index (χ4v) is 2.73. The Morgan fingerprint density at radius 1 is 1.23 bits per heavy atom. The third-order valence-corrected chi connectivity index (χ3v) is 3.81. The maximum atomic E-state index is 12.2. The molecule has 0 aromatic carbocycles. The summed E-state index contributed by atoms with van der Waals surface area (Å²) in [6, 6.07) is 0.441. The van der Waals surface area contributed by atoms with Crippen LogP contribution in [0.3, 0.4) is 0 Å². The zero-order chi connectivity index (χ0) is 16.4. The van der Waals surface area contributed by atoms with Gasteiger partial charge in [-0.05, 0) is 47.5 Å². The van der Waals surface area contributed by atoms with Crippen LogP contribution in [-0.2, 0) is 14.2 Å². The Morgan fingerprint density at radius 3 is 2.45 bits per heavy atom. The van der Waals surface area contributed by atoms with Crippen molar-refractivity contribution in [1.82, 2.24) is 10.2 Å². The van der Waals surface area contributed by atoms with Crippen LogP contribution in [0.15, 0.2) is 0 Å². The molecule has 2 aliphatic rings. The molecule has 128 valence electrons. The van der Waals surface area contributed by atoms with E-state index in [2.05, 4.69) is 5.32 Å². The molecule has 2 aliphatic heterocycles. The summed E-state index contributed by atoms with van der Waals surface area (Å²) >= 11 is 0. The largest absolute Gasteiger partial charge is 0.444 e. The molecule has 1 amide bonds. The Labute approximate surface area is 133 Å². The third-order valence-electron chi connectivity index (χ3n) is 3.81. The van der Waals surface area contributed by atoms with Gasteiger partial charge in [-0.2, -0.15) is 0 Å². The molecule has 0 aliphatic carbocycles. The van der Waals surface area contributed by atoms with E-state index in [0.717, 1.165) is 19.4 Å². The van der Waals surface area contributed by atoms with Crippen LogP contribution < -0.4 is 5.32 Å². The molecule has 0 saturated carbocycles. The molecule has 22 heavy (non-hydrogen) atoms. The lowest BCUT2D eigenvalue weighted by molar-refractivity contribution is -0.253. The Bertz CT molecular complexity index is 382. The third kappa shape index (κ3) is 5.41. The first-order valence-corrected chi connectivity index (χ1v) is 8.16. The highest BCUT2D eigenvalue weighted by molar-refractivity contribution is 5.68. The van der Waals surface area contributed by atoms with Crippen LogP contribution in [0, 0.1) is 0 Å². The van der Waals surface area contributed by atoms with Crippen molar-refractivity contribution in [2.24, 2.45) is 0 Å². The smallest absolute Gasteiger partial charge is 0.410 e. The van der Waals surface area contributed by atoms with Gasteiger partial charge in [0.15, 0.2) is 5.79 Å². The van der Waals surface area contributed by atoms with E-state index in [9.17, 15) is 4.79 Å². The van der Waals surface area contributed by atoms with Gasteiger partial charge in [-0.15, -0.1) is 0 Å². The van der Waals surface area contributed by atoms with Gasteiger partial charge < -0.3 is 24.4 Å². The van der Waals surface area contributed by atoms with E-state index in [1.165, 1.54) is 0 Å². The van der Waals surface area contributed by atoms with Crippen molar-refractivity contribution in [2.45, 2.75) is 70.9 Å². The summed E-state index contributed by atoms with van der Waals surface area (Å²) in [5.74, 6) is -0.493. The van der Waals surface area contributed by atoms with E-state index in [-0.39, 0.29) is 18.2 Å². The Morgan fingerprint density at radius 2 is 1.86 bits per heavy atom. The molecule has 0 spiro atoms. The minimum atomic E-state index is -0.493. The monoisotopic (exact) mass is 314 g/mol. The molecule has 0 aromatic heterocycles. The van der Waals surface area contributed by atoms with E-state index < -0.39 is 11.4 Å². The summed E-state index contributed by atoms with van der Waals surface area (Å²) in [5, 5.41) is 3.54. The number of ether oxygens (including phenoxy) is 3. The normalized spacial score (nSPS) is 26.8. The van der Waals surface area contributed by atoms with Crippen LogP contribution in [-0.4, -0.2) is 60.8 Å². The van der Waals surface area contributed by atoms with E-state index in [0.29, 0.717) is 19.8 Å². The number of hydrogen-bond donors (Lipinski definition) is 1. The van der Waals surface area contributed by atoms with Crippen LogP contribution in [0.1, 0.15) is 47.5 Å². The van der Waals surface area contributed by atoms with Gasteiger partial charge in [0.1, 0.15) is 5.60 Å². The Balaban J connectivity index is 1.80. The summed E-state index contributed by atoms with van der Waals surface area (Å²) in [6.07, 6.45) is 1.81. The fraction of sp³-hybridized carbons (Fsp3) is 0.938. The van der Waals surface area contributed by atoms with E-state index in [1.807, 2.05) is 34.6 Å². The average Bonchev–Trinajstić information content (AvgIpc) is 2.40. The number of amides is 1. The van der Waals surface area contributed by atoms with Crippen molar-refractivity contribution < 1.29 is 19.0 Å². The van der Waals surface area contributed by atoms with Crippen molar-refractivity contribution in [1.29, 1.82) is 0 Å². The summed E-state index contributed by atoms with van der Waals surface area (Å²) in [6.45, 7) is 12.2. The van der Waals surface area contributed by atoms with E-state index in [4.69, 9.17) is 14.2 Å². The number of likely N-dealkylation sites (tertiary alicyclic amines) is 1. The highest BCUT2D eigenvalue weighted by Crippen LogP contribution is 2.19. The van der Waals surface area contributed by atoms with E-state index >= 15 is 0 Å². The zero-order valence-electron chi connectivity index (χ0n) is 14.5. The van der Waals surface area contributed by atoms with Crippen molar-refractivity contribution >= 4 is 6.09 Å². The first-order valence-electron chi connectivity index (χ1n) is 8.16. The molecule has 6 nitrogen and oxygen atoms in total. The van der Waals surface area contributed by atoms with Crippen LogP contribution >= 0.6 is 0 Å². The second-order valence-electron chi connectivity index (χ2n) is 7.65. The first-order chi connectivity index (χ1) is 10.1. The molecule has 2 saturated heterocycles. The molecule has 0 bridgehead atoms. The predicted octanol–water partition coefficient (Wildman–Crippen LogP) is 2.13. The van der Waals surface area contributed by atoms with Gasteiger partial charge >= 0.3 is 6.09 Å². The quantitative estimate of drug-likeness (QED) is 0.846. The van der Waals surface area contributed by atoms with Crippen molar-refractivity contribution in [3.05, 3.63) is 0 Å². The number of nitrogens with one attached hydrogen (secondary N) is 1. The fourth-order valence-electron chi connectivity index (χ4n) is 2.73. The molecular formula is C16H30N2O4. The van der Waals surface area contributed by atoms with Gasteiger partial charge in [0, 0.05) is 19.1 Å². The van der Waals surface area contributed by atoms with Crippen molar-refractivity contribution in [3.63, 3.8) is 0 Å². The summed E-state index contributed by atoms with van der Waals surface area (Å²) < 4.78 is 16.8. The summed E-state index contributed by atoms with van der Waals surface area (Å²) in [5.41, 5.74) is -0.450. The standard InChI is InChI=1S/C16H30N2O4/c1-15(2,3)22-14(19)18-8-6-7-12(9-18)17-13-10-20-16(4,5)21-11-13/h12-13,17H,6-11H2,1-5H3. The lowest BCUT2D eigenvalue weighted by Gasteiger charge is -2.39. The second-order valence-corrected chi connectivity index (χ2v) is 7.65. The molecule has 2 rings (SSSR count). The molecule has 0 radical (unpaired) electrons. The summed E-state index contributed by atoms with van der Waals surface area (Å²) in [4.78, 5) is 14.0. The van der Waals surface area contributed by atoms with E-state index in [1.54, 1.807) is 4.90 Å². The SMILES string of the molecule is CC(C)(C)OC(=O)N1CCCC(NC2COC(C)(C)OC2)C1. The van der Waals surface area contributed by atoms with Crippen LogP contribution in [0.25, 0.3) is 0 Å². The lowest BCUT2D eigenvalue weighted by atomic mass is 10.0. The maximum Gasteiger partial charge on any atom is 0.410 e. The van der Waals surface area contributed by atoms with Gasteiger partial charge in [0.05, 0.1) is 19.3 Å². The van der Waals surface area contributed by atoms with Gasteiger partial charge in [-0.3, -0.25) is 0 Å². The number of piperidine rings is 1. The molecule has 2 fully saturated rings. The number of carbonyl (C=O) groups excluding carboxylic acids is 1. The van der Waals surface area contributed by atoms with Crippen LogP contribution in [0.2, 0.25) is 0 Å². The van der Waals surface area contributed by atoms with Crippen LogP contribution in [0.5, 0.6) is 0 Å². The highest BCUT2D eigenvalue weighted by atomic mass is 16.7. The lowest BCUT2D eigenvalue weighted by Crippen LogP contribution is -2.56. The second kappa shape index (κ2) is 6.72. The molecule has 0 aromatic rings. The molecule has 2 heterocycles. The zero-order valence-corrected chi connectivity index (χ0v) is 14.5. The minimum Gasteiger partial charge on any atom is -0.444 e. The number of hydrogen-bond acceptors (Lipinski definition) is 5. The predicted molar refractivity (Wildman–Crippen MR) is 83.7 cm³/mol. The summed E-state index contributed by atoms with van der Waals surface area (Å²) in [7, 11) is 0. The van der Waals surface area contributed by atoms with Crippen LogP contribution in [0.4, 0.5) is 4.79 Å². The van der Waals surface area contributed by atoms with Crippen molar-refractivity contribution in [2.75, 3.05) is 26.3 Å². The maximum absolute atomic E-state index is 12.2. The molecule has 1 atom stereocenters. The van der Waals surface area contributed by atoms with Gasteiger partial charge in [-0.25, -0.2) is 4.79 Å². The molecule has 1 unspecified atom stereocenters. The molecular weight excluding hydrogens is 284 g/mol. The van der Waals surface area contributed by atoms with Gasteiger partial charge in [0.25, 0.3) is 0 Å². The van der Waals surface area contributed by atoms with Gasteiger partial charge in [0.2, 0.25) is 0 Å². The Hall–Kier alpha value is -0.850. The molecule has 6 heteroatoms.